The Kier molecular flexibility index (Phi) is 2.12. The van der Waals surface area contributed by atoms with Crippen LogP contribution in [0.4, 0.5) is 4.79 Å². The van der Waals surface area contributed by atoms with Gasteiger partial charge in [0, 0.05) is 12.5 Å². The predicted octanol–water partition coefficient (Wildman–Crippen LogP) is 0.466. The molecular weight excluding hydrogens is 144 g/mol. The minimum absolute atomic E-state index is 0.0197. The predicted molar refractivity (Wildman–Crippen MR) is 39.7 cm³/mol. The molecule has 0 aromatic heterocycles. The van der Waals surface area contributed by atoms with Crippen molar-refractivity contribution in [2.45, 2.75) is 32.2 Å². The number of likely N-dealkylation sites (tertiary alicyclic amines) is 1. The molecule has 62 valence electrons. The molecule has 0 aromatic carbocycles. The van der Waals surface area contributed by atoms with Crippen LogP contribution in [0.2, 0.25) is 0 Å². The number of primary amides is 1. The first-order valence-corrected chi connectivity index (χ1v) is 3.74. The van der Waals surface area contributed by atoms with Crippen molar-refractivity contribution in [2.24, 2.45) is 5.73 Å². The van der Waals surface area contributed by atoms with Gasteiger partial charge in [0.05, 0.1) is 0 Å². The van der Waals surface area contributed by atoms with E-state index in [0.717, 1.165) is 17.7 Å². The lowest BCUT2D eigenvalue weighted by Crippen LogP contribution is -2.48. The lowest BCUT2D eigenvalue weighted by molar-refractivity contribution is -0.131. The van der Waals surface area contributed by atoms with Gasteiger partial charge in [-0.1, -0.05) is 0 Å². The van der Waals surface area contributed by atoms with Crippen LogP contribution in [0, 0.1) is 0 Å². The molecule has 1 atom stereocenters. The third-order valence-electron chi connectivity index (χ3n) is 1.96. The molecule has 11 heavy (non-hydrogen) atoms. The summed E-state index contributed by atoms with van der Waals surface area (Å²) < 4.78 is 0. The summed E-state index contributed by atoms with van der Waals surface area (Å²) in [5.41, 5.74) is 5.01. The Bertz CT molecular complexity index is 191. The Hall–Kier alpha value is -1.06. The van der Waals surface area contributed by atoms with E-state index >= 15 is 0 Å². The minimum atomic E-state index is -0.623. The molecule has 2 N–H and O–H groups in total. The second-order valence-corrected chi connectivity index (χ2v) is 2.84. The largest absolute Gasteiger partial charge is 0.351 e. The summed E-state index contributed by atoms with van der Waals surface area (Å²) in [6.07, 6.45) is 2.19. The normalized spacial score (nSPS) is 25.4. The number of hydrogen-bond donors (Lipinski definition) is 1. The van der Waals surface area contributed by atoms with Gasteiger partial charge >= 0.3 is 6.03 Å². The van der Waals surface area contributed by atoms with Crippen molar-refractivity contribution in [3.8, 4) is 0 Å². The maximum absolute atomic E-state index is 11.1. The van der Waals surface area contributed by atoms with E-state index in [9.17, 15) is 9.59 Å². The Morgan fingerprint density at radius 2 is 2.36 bits per heavy atom. The third-order valence-corrected chi connectivity index (χ3v) is 1.96. The average Bonchev–Trinajstić information content (AvgIpc) is 1.85. The summed E-state index contributed by atoms with van der Waals surface area (Å²) in [6.45, 7) is 1.84. The number of hydrogen-bond acceptors (Lipinski definition) is 2. The van der Waals surface area contributed by atoms with Crippen molar-refractivity contribution in [1.82, 2.24) is 4.90 Å². The Balaban J connectivity index is 2.70. The van der Waals surface area contributed by atoms with Crippen LogP contribution in [0.25, 0.3) is 0 Å². The zero-order valence-electron chi connectivity index (χ0n) is 6.54. The monoisotopic (exact) mass is 156 g/mol. The van der Waals surface area contributed by atoms with Gasteiger partial charge in [-0.25, -0.2) is 4.79 Å². The Labute approximate surface area is 65.3 Å². The quantitative estimate of drug-likeness (QED) is 0.554. The Morgan fingerprint density at radius 1 is 1.73 bits per heavy atom. The molecule has 4 nitrogen and oxygen atoms in total. The molecule has 0 saturated carbocycles. The van der Waals surface area contributed by atoms with Crippen molar-refractivity contribution in [3.05, 3.63) is 0 Å². The molecular formula is C7H12N2O2. The van der Waals surface area contributed by atoms with E-state index in [2.05, 4.69) is 0 Å². The van der Waals surface area contributed by atoms with E-state index in [1.807, 2.05) is 6.92 Å². The number of piperidine rings is 1. The van der Waals surface area contributed by atoms with Crippen LogP contribution in [0.15, 0.2) is 0 Å². The van der Waals surface area contributed by atoms with Gasteiger partial charge in [-0.15, -0.1) is 0 Å². The standard InChI is InChI=1S/C7H12N2O2/c1-5-3-2-4-6(10)9(5)7(8)11/h5H,2-4H2,1H3,(H2,8,11)/t5-/m0/s1. The van der Waals surface area contributed by atoms with Gasteiger partial charge in [-0.2, -0.15) is 0 Å². The van der Waals surface area contributed by atoms with Gasteiger partial charge in [0.15, 0.2) is 0 Å². The van der Waals surface area contributed by atoms with E-state index in [0.29, 0.717) is 6.42 Å². The fourth-order valence-corrected chi connectivity index (χ4v) is 1.38. The molecule has 1 aliphatic heterocycles. The number of amides is 3. The van der Waals surface area contributed by atoms with Crippen LogP contribution in [0.1, 0.15) is 26.2 Å². The van der Waals surface area contributed by atoms with E-state index < -0.39 is 6.03 Å². The summed E-state index contributed by atoms with van der Waals surface area (Å²) in [4.78, 5) is 22.9. The topological polar surface area (TPSA) is 63.4 Å². The van der Waals surface area contributed by atoms with Gasteiger partial charge in [0.2, 0.25) is 5.91 Å². The number of carbonyl (C=O) groups excluding carboxylic acids is 2. The molecule has 0 bridgehead atoms. The van der Waals surface area contributed by atoms with Gasteiger partial charge in [0.25, 0.3) is 0 Å². The van der Waals surface area contributed by atoms with Crippen LogP contribution in [-0.2, 0) is 4.79 Å². The van der Waals surface area contributed by atoms with E-state index in [-0.39, 0.29) is 11.9 Å². The van der Waals surface area contributed by atoms with Crippen molar-refractivity contribution in [2.75, 3.05) is 0 Å². The van der Waals surface area contributed by atoms with Crippen molar-refractivity contribution in [3.63, 3.8) is 0 Å². The molecule has 1 aliphatic rings. The number of nitrogens with two attached hydrogens (primary N) is 1. The molecule has 1 rings (SSSR count). The fraction of sp³-hybridized carbons (Fsp3) is 0.714. The maximum Gasteiger partial charge on any atom is 0.321 e. The first-order chi connectivity index (χ1) is 5.13. The van der Waals surface area contributed by atoms with E-state index in [4.69, 9.17) is 5.73 Å². The summed E-state index contributed by atoms with van der Waals surface area (Å²) in [5.74, 6) is -0.142. The summed E-state index contributed by atoms with van der Waals surface area (Å²) in [5, 5.41) is 0. The molecule has 4 heteroatoms. The second kappa shape index (κ2) is 2.90. The molecule has 0 unspecified atom stereocenters. The van der Waals surface area contributed by atoms with E-state index in [1.54, 1.807) is 0 Å². The summed E-state index contributed by atoms with van der Waals surface area (Å²) in [6, 6.07) is -0.643. The lowest BCUT2D eigenvalue weighted by atomic mass is 10.0. The highest BCUT2D eigenvalue weighted by atomic mass is 16.2. The lowest BCUT2D eigenvalue weighted by Gasteiger charge is -2.29. The molecule has 1 saturated heterocycles. The van der Waals surface area contributed by atoms with Crippen molar-refractivity contribution in [1.29, 1.82) is 0 Å². The second-order valence-electron chi connectivity index (χ2n) is 2.84. The number of rotatable bonds is 0. The highest BCUT2D eigenvalue weighted by molar-refractivity contribution is 5.94. The SMILES string of the molecule is C[C@H]1CCCC(=O)N1C(N)=O. The average molecular weight is 156 g/mol. The summed E-state index contributed by atoms with van der Waals surface area (Å²) >= 11 is 0. The smallest absolute Gasteiger partial charge is 0.321 e. The van der Waals surface area contributed by atoms with Gasteiger partial charge < -0.3 is 5.73 Å². The maximum atomic E-state index is 11.1. The van der Waals surface area contributed by atoms with Crippen LogP contribution in [-0.4, -0.2) is 22.9 Å². The third kappa shape index (κ3) is 1.50. The van der Waals surface area contributed by atoms with Gasteiger partial charge in [0.1, 0.15) is 0 Å². The molecule has 0 aliphatic carbocycles. The Morgan fingerprint density at radius 3 is 2.73 bits per heavy atom. The molecule has 0 spiro atoms. The minimum Gasteiger partial charge on any atom is -0.351 e. The van der Waals surface area contributed by atoms with Crippen LogP contribution in [0.5, 0.6) is 0 Å². The van der Waals surface area contributed by atoms with Crippen molar-refractivity contribution >= 4 is 11.9 Å². The summed E-state index contributed by atoms with van der Waals surface area (Å²) in [7, 11) is 0. The first-order valence-electron chi connectivity index (χ1n) is 3.74. The molecule has 3 amide bonds. The molecule has 1 heterocycles. The number of imide groups is 1. The van der Waals surface area contributed by atoms with Crippen LogP contribution < -0.4 is 5.73 Å². The molecule has 1 fully saturated rings. The van der Waals surface area contributed by atoms with Crippen molar-refractivity contribution < 1.29 is 9.59 Å². The first kappa shape index (κ1) is 8.04. The zero-order chi connectivity index (χ0) is 8.43. The number of carbonyl (C=O) groups is 2. The molecule has 0 aromatic rings. The number of urea groups is 1. The van der Waals surface area contributed by atoms with Gasteiger partial charge in [-0.3, -0.25) is 9.69 Å². The van der Waals surface area contributed by atoms with Crippen LogP contribution >= 0.6 is 0 Å². The highest BCUT2D eigenvalue weighted by Crippen LogP contribution is 2.16. The van der Waals surface area contributed by atoms with E-state index in [1.165, 1.54) is 0 Å². The highest BCUT2D eigenvalue weighted by Gasteiger charge is 2.28. The zero-order valence-corrected chi connectivity index (χ0v) is 6.54. The number of nitrogens with zero attached hydrogens (tertiary/aromatic N) is 1. The molecule has 0 radical (unpaired) electrons. The van der Waals surface area contributed by atoms with Crippen LogP contribution in [0.3, 0.4) is 0 Å². The fourth-order valence-electron chi connectivity index (χ4n) is 1.38. The van der Waals surface area contributed by atoms with Gasteiger partial charge in [-0.05, 0) is 19.8 Å².